The summed E-state index contributed by atoms with van der Waals surface area (Å²) in [7, 11) is 3.13. The zero-order valence-electron chi connectivity index (χ0n) is 20.9. The number of benzene rings is 2. The third-order valence-electron chi connectivity index (χ3n) is 5.50. The normalized spacial score (nSPS) is 15.5. The molecule has 8 nitrogen and oxygen atoms in total. The number of halogens is 1. The van der Waals surface area contributed by atoms with Crippen LogP contribution in [0.5, 0.6) is 5.75 Å². The number of rotatable bonds is 8. The van der Waals surface area contributed by atoms with Gasteiger partial charge in [-0.05, 0) is 56.2 Å². The maximum absolute atomic E-state index is 13.5. The third kappa shape index (κ3) is 7.02. The zero-order valence-corrected chi connectivity index (χ0v) is 20.9. The summed E-state index contributed by atoms with van der Waals surface area (Å²) in [6, 6.07) is 12.7. The van der Waals surface area contributed by atoms with Gasteiger partial charge in [-0.2, -0.15) is 5.10 Å². The Hall–Kier alpha value is -3.46. The first-order chi connectivity index (χ1) is 16.6. The van der Waals surface area contributed by atoms with Crippen LogP contribution in [0.25, 0.3) is 0 Å². The molecule has 1 aliphatic rings. The van der Waals surface area contributed by atoms with Crippen LogP contribution in [0.4, 0.5) is 9.18 Å². The lowest BCUT2D eigenvalue weighted by Crippen LogP contribution is -2.52. The number of amides is 3. The van der Waals surface area contributed by atoms with E-state index >= 15 is 0 Å². The molecule has 0 saturated carbocycles. The first-order valence-corrected chi connectivity index (χ1v) is 11.5. The second-order valence-corrected chi connectivity index (χ2v) is 9.38. The molecule has 0 saturated heterocycles. The van der Waals surface area contributed by atoms with Gasteiger partial charge in [0, 0.05) is 25.6 Å². The van der Waals surface area contributed by atoms with Gasteiger partial charge in [-0.15, -0.1) is 0 Å². The Labute approximate surface area is 205 Å². The molecule has 1 N–H and O–H groups in total. The van der Waals surface area contributed by atoms with Gasteiger partial charge >= 0.3 is 6.03 Å². The number of hydrogen-bond donors (Lipinski definition) is 1. The topological polar surface area (TPSA) is 83.5 Å². The fourth-order valence-corrected chi connectivity index (χ4v) is 3.73. The van der Waals surface area contributed by atoms with Crippen molar-refractivity contribution in [2.75, 3.05) is 33.9 Å². The first kappa shape index (κ1) is 26.2. The minimum atomic E-state index is -0.460. The Morgan fingerprint density at radius 3 is 2.34 bits per heavy atom. The van der Waals surface area contributed by atoms with Crippen molar-refractivity contribution in [1.82, 2.24) is 15.2 Å². The number of hydrazone groups is 1. The van der Waals surface area contributed by atoms with E-state index < -0.39 is 5.54 Å². The summed E-state index contributed by atoms with van der Waals surface area (Å²) < 4.78 is 23.9. The average Bonchev–Trinajstić information content (AvgIpc) is 3.26. The van der Waals surface area contributed by atoms with Crippen molar-refractivity contribution in [3.05, 3.63) is 65.5 Å². The highest BCUT2D eigenvalue weighted by Gasteiger charge is 2.34. The number of carbonyl (C=O) groups is 2. The van der Waals surface area contributed by atoms with E-state index in [-0.39, 0.29) is 43.5 Å². The lowest BCUT2D eigenvalue weighted by Gasteiger charge is -2.30. The predicted octanol–water partition coefficient (Wildman–Crippen LogP) is 3.97. The van der Waals surface area contributed by atoms with Crippen molar-refractivity contribution < 1.29 is 23.5 Å². The molecule has 0 fully saturated rings. The average molecular weight is 485 g/mol. The third-order valence-corrected chi connectivity index (χ3v) is 5.50. The van der Waals surface area contributed by atoms with Crippen molar-refractivity contribution >= 4 is 17.6 Å². The van der Waals surface area contributed by atoms with Crippen molar-refractivity contribution in [1.29, 1.82) is 0 Å². The molecular weight excluding hydrogens is 451 g/mol. The number of ether oxygens (including phenoxy) is 2. The number of nitrogens with zero attached hydrogens (tertiary/aromatic N) is 3. The summed E-state index contributed by atoms with van der Waals surface area (Å²) in [5.74, 6) is 0.0302. The van der Waals surface area contributed by atoms with Gasteiger partial charge in [0.2, 0.25) is 0 Å². The molecule has 1 atom stereocenters. The van der Waals surface area contributed by atoms with E-state index in [4.69, 9.17) is 9.47 Å². The molecule has 35 heavy (non-hydrogen) atoms. The van der Waals surface area contributed by atoms with E-state index in [9.17, 15) is 14.0 Å². The monoisotopic (exact) mass is 484 g/mol. The van der Waals surface area contributed by atoms with Crippen LogP contribution in [0.3, 0.4) is 0 Å². The van der Waals surface area contributed by atoms with Gasteiger partial charge in [0.15, 0.2) is 0 Å². The van der Waals surface area contributed by atoms with Gasteiger partial charge in [0.1, 0.15) is 18.1 Å². The van der Waals surface area contributed by atoms with Crippen LogP contribution in [0.1, 0.15) is 44.4 Å². The molecule has 0 bridgehead atoms. The fourth-order valence-electron chi connectivity index (χ4n) is 3.73. The quantitative estimate of drug-likeness (QED) is 0.615. The smallest absolute Gasteiger partial charge is 0.318 e. The highest BCUT2D eigenvalue weighted by Crippen LogP contribution is 2.33. The molecular formula is C26H33FN4O4. The Bertz CT molecular complexity index is 1050. The predicted molar refractivity (Wildman–Crippen MR) is 132 cm³/mol. The number of hydrogen-bond acceptors (Lipinski definition) is 5. The number of methoxy groups -OCH3 is 2. The number of nitrogens with one attached hydrogen (secondary N) is 1. The van der Waals surface area contributed by atoms with E-state index in [1.165, 1.54) is 22.0 Å². The molecule has 0 aliphatic carbocycles. The molecule has 2 aromatic carbocycles. The SMILES string of the molecule is COCCN(CC(=O)N1N=C(c2ccc(F)cc2)C[C@@H]1c1ccc(OC)cc1)C(=O)NC(C)(C)C. The molecule has 0 radical (unpaired) electrons. The van der Waals surface area contributed by atoms with E-state index in [1.807, 2.05) is 45.0 Å². The maximum atomic E-state index is 13.5. The standard InChI is InChI=1S/C26H33FN4O4/c1-26(2,3)28-25(33)30(14-15-34-4)17-24(32)31-23(19-8-12-21(35-5)13-9-19)16-22(29-31)18-6-10-20(27)11-7-18/h6-13,23H,14-17H2,1-5H3,(H,28,33)/t23-/m1/s1. The summed E-state index contributed by atoms with van der Waals surface area (Å²) in [5, 5.41) is 8.93. The molecule has 2 aromatic rings. The fraction of sp³-hybridized carbons (Fsp3) is 0.423. The van der Waals surface area contributed by atoms with Crippen LogP contribution in [0.15, 0.2) is 53.6 Å². The molecule has 0 spiro atoms. The van der Waals surface area contributed by atoms with Gasteiger partial charge in [-0.25, -0.2) is 14.2 Å². The molecule has 3 amide bonds. The Morgan fingerprint density at radius 2 is 1.77 bits per heavy atom. The largest absolute Gasteiger partial charge is 0.497 e. The Morgan fingerprint density at radius 1 is 1.11 bits per heavy atom. The molecule has 1 heterocycles. The van der Waals surface area contributed by atoms with Crippen molar-refractivity contribution in [2.24, 2.45) is 5.10 Å². The molecule has 3 rings (SSSR count). The highest BCUT2D eigenvalue weighted by atomic mass is 19.1. The van der Waals surface area contributed by atoms with E-state index in [0.717, 1.165) is 11.1 Å². The summed E-state index contributed by atoms with van der Waals surface area (Å²) in [4.78, 5) is 27.8. The second-order valence-electron chi connectivity index (χ2n) is 9.38. The number of carbonyl (C=O) groups excluding carboxylic acids is 2. The summed E-state index contributed by atoms with van der Waals surface area (Å²) in [6.07, 6.45) is 0.454. The summed E-state index contributed by atoms with van der Waals surface area (Å²) in [6.45, 7) is 6.00. The van der Waals surface area contributed by atoms with E-state index in [2.05, 4.69) is 10.4 Å². The van der Waals surface area contributed by atoms with Crippen LogP contribution < -0.4 is 10.1 Å². The molecule has 0 unspecified atom stereocenters. The highest BCUT2D eigenvalue weighted by molar-refractivity contribution is 6.03. The lowest BCUT2D eigenvalue weighted by molar-refractivity contribution is -0.133. The second kappa shape index (κ2) is 11.3. The summed E-state index contributed by atoms with van der Waals surface area (Å²) in [5.41, 5.74) is 1.82. The summed E-state index contributed by atoms with van der Waals surface area (Å²) >= 11 is 0. The zero-order chi connectivity index (χ0) is 25.6. The minimum Gasteiger partial charge on any atom is -0.497 e. The molecule has 188 valence electrons. The van der Waals surface area contributed by atoms with Crippen LogP contribution >= 0.6 is 0 Å². The van der Waals surface area contributed by atoms with Crippen molar-refractivity contribution in [3.63, 3.8) is 0 Å². The lowest BCUT2D eigenvalue weighted by atomic mass is 9.98. The van der Waals surface area contributed by atoms with Crippen LogP contribution in [0.2, 0.25) is 0 Å². The van der Waals surface area contributed by atoms with Gasteiger partial charge in [0.05, 0.1) is 25.5 Å². The Balaban J connectivity index is 1.88. The maximum Gasteiger partial charge on any atom is 0.318 e. The van der Waals surface area contributed by atoms with Crippen LogP contribution in [-0.2, 0) is 9.53 Å². The minimum absolute atomic E-state index is 0.169. The van der Waals surface area contributed by atoms with Gasteiger partial charge in [0.25, 0.3) is 5.91 Å². The molecule has 0 aromatic heterocycles. The van der Waals surface area contributed by atoms with Gasteiger partial charge < -0.3 is 19.7 Å². The number of urea groups is 1. The Kier molecular flexibility index (Phi) is 8.45. The van der Waals surface area contributed by atoms with Gasteiger partial charge in [-0.3, -0.25) is 4.79 Å². The van der Waals surface area contributed by atoms with E-state index in [1.54, 1.807) is 26.4 Å². The molecule has 1 aliphatic heterocycles. The molecule has 9 heteroatoms. The van der Waals surface area contributed by atoms with Gasteiger partial charge in [-0.1, -0.05) is 24.3 Å². The van der Waals surface area contributed by atoms with Crippen LogP contribution in [-0.4, -0.2) is 67.0 Å². The van der Waals surface area contributed by atoms with Crippen molar-refractivity contribution in [2.45, 2.75) is 38.8 Å². The van der Waals surface area contributed by atoms with Crippen molar-refractivity contribution in [3.8, 4) is 5.75 Å². The van der Waals surface area contributed by atoms with Crippen LogP contribution in [0, 0.1) is 5.82 Å². The first-order valence-electron chi connectivity index (χ1n) is 11.5. The van der Waals surface area contributed by atoms with E-state index in [0.29, 0.717) is 17.9 Å².